The number of ketones is 1. The van der Waals surface area contributed by atoms with Crippen LogP contribution in [0.3, 0.4) is 0 Å². The van der Waals surface area contributed by atoms with Gasteiger partial charge in [0.2, 0.25) is 0 Å². The highest BCUT2D eigenvalue weighted by Crippen LogP contribution is 2.53. The van der Waals surface area contributed by atoms with E-state index >= 15 is 0 Å². The van der Waals surface area contributed by atoms with Gasteiger partial charge in [-0.25, -0.2) is 9.37 Å². The van der Waals surface area contributed by atoms with Gasteiger partial charge in [0.05, 0.1) is 15.8 Å². The second kappa shape index (κ2) is 6.06. The minimum Gasteiger partial charge on any atom is -0.342 e. The Balaban J connectivity index is 2.19. The fraction of sp³-hybridized carbons (Fsp3) is 0.400. The van der Waals surface area contributed by atoms with Gasteiger partial charge in [-0.3, -0.25) is 4.79 Å². The molecule has 1 aromatic rings. The first-order valence-corrected chi connectivity index (χ1v) is 9.24. The second-order valence-electron chi connectivity index (χ2n) is 7.63. The number of carbonyl (C=O) groups excluding carboxylic acids is 1. The van der Waals surface area contributed by atoms with Crippen molar-refractivity contribution >= 4 is 22.9 Å². The van der Waals surface area contributed by atoms with E-state index < -0.39 is 5.41 Å². The molecule has 1 N–H and O–H groups in total. The molecule has 2 aliphatic rings. The largest absolute Gasteiger partial charge is 0.342 e. The molecule has 0 saturated heterocycles. The van der Waals surface area contributed by atoms with Gasteiger partial charge < -0.3 is 5.32 Å². The first-order valence-electron chi connectivity index (χ1n) is 8.36. The van der Waals surface area contributed by atoms with E-state index in [0.29, 0.717) is 17.6 Å². The SMILES string of the molecule is C=C(/C=C(F)\C=C/C)[C@]1(C)C2=C(CC(C)(C)CC2=O)Nc2ncsc21. The van der Waals surface area contributed by atoms with Crippen molar-refractivity contribution in [3.63, 3.8) is 0 Å². The van der Waals surface area contributed by atoms with Gasteiger partial charge in [-0.15, -0.1) is 11.3 Å². The van der Waals surface area contributed by atoms with Gasteiger partial charge >= 0.3 is 0 Å². The summed E-state index contributed by atoms with van der Waals surface area (Å²) in [6.45, 7) is 12.0. The second-order valence-corrected chi connectivity index (χ2v) is 8.48. The lowest BCUT2D eigenvalue weighted by Gasteiger charge is -2.43. The van der Waals surface area contributed by atoms with Crippen molar-refractivity contribution in [1.82, 2.24) is 4.98 Å². The van der Waals surface area contributed by atoms with Crippen LogP contribution in [-0.4, -0.2) is 10.8 Å². The molecule has 0 unspecified atom stereocenters. The highest BCUT2D eigenvalue weighted by Gasteiger charge is 2.48. The molecule has 1 aliphatic heterocycles. The fourth-order valence-corrected chi connectivity index (χ4v) is 4.73. The number of thiazole rings is 1. The number of rotatable bonds is 3. The molecule has 1 aliphatic carbocycles. The van der Waals surface area contributed by atoms with E-state index in [1.54, 1.807) is 18.5 Å². The number of hydrogen-bond donors (Lipinski definition) is 1. The third kappa shape index (κ3) is 2.91. The van der Waals surface area contributed by atoms with Gasteiger partial charge in [-0.2, -0.15) is 0 Å². The number of hydrogen-bond acceptors (Lipinski definition) is 4. The summed E-state index contributed by atoms with van der Waals surface area (Å²) >= 11 is 1.47. The average Bonchev–Trinajstić information content (AvgIpc) is 2.94. The van der Waals surface area contributed by atoms with Crippen molar-refractivity contribution in [2.75, 3.05) is 5.32 Å². The maximum Gasteiger partial charge on any atom is 0.162 e. The Morgan fingerprint density at radius 3 is 2.80 bits per heavy atom. The quantitative estimate of drug-likeness (QED) is 0.730. The fourth-order valence-electron chi connectivity index (χ4n) is 3.78. The van der Waals surface area contributed by atoms with Crippen molar-refractivity contribution in [1.29, 1.82) is 0 Å². The molecular formula is C20H23FN2OS. The standard InChI is InChI=1S/C20H23FN2OS/c1-6-7-13(21)8-12(2)20(5)16-14(9-19(3,4)10-15(16)24)23-18-17(20)25-11-22-18/h6-8,11,23H,2,9-10H2,1,3-5H3/b7-6-,13-8+/t20-/m1/s1. The Bertz CT molecular complexity index is 844. The minimum absolute atomic E-state index is 0.0984. The molecule has 3 nitrogen and oxygen atoms in total. The summed E-state index contributed by atoms with van der Waals surface area (Å²) in [5.74, 6) is 0.475. The molecule has 0 saturated carbocycles. The van der Waals surface area contributed by atoms with Crippen molar-refractivity contribution in [2.24, 2.45) is 5.41 Å². The summed E-state index contributed by atoms with van der Waals surface area (Å²) in [6.07, 6.45) is 5.69. The smallest absolute Gasteiger partial charge is 0.162 e. The number of aromatic nitrogens is 1. The Morgan fingerprint density at radius 2 is 2.12 bits per heavy atom. The number of allylic oxidation sites excluding steroid dienone is 7. The summed E-state index contributed by atoms with van der Waals surface area (Å²) in [5, 5.41) is 3.34. The minimum atomic E-state index is -0.760. The van der Waals surface area contributed by atoms with Crippen LogP contribution in [0.1, 0.15) is 45.4 Å². The normalized spacial score (nSPS) is 25.6. The Hall–Kier alpha value is -2.01. The predicted octanol–water partition coefficient (Wildman–Crippen LogP) is 5.46. The third-order valence-corrected chi connectivity index (χ3v) is 5.99. The van der Waals surface area contributed by atoms with E-state index in [1.807, 2.05) is 6.92 Å². The Morgan fingerprint density at radius 1 is 1.40 bits per heavy atom. The van der Waals surface area contributed by atoms with Gasteiger partial charge in [0, 0.05) is 17.7 Å². The first-order chi connectivity index (χ1) is 11.7. The van der Waals surface area contributed by atoms with Crippen LogP contribution in [0.5, 0.6) is 0 Å². The van der Waals surface area contributed by atoms with E-state index in [2.05, 4.69) is 30.7 Å². The van der Waals surface area contributed by atoms with Crippen LogP contribution in [-0.2, 0) is 10.2 Å². The summed E-state index contributed by atoms with van der Waals surface area (Å²) in [4.78, 5) is 18.3. The molecule has 0 spiro atoms. The molecule has 25 heavy (non-hydrogen) atoms. The summed E-state index contributed by atoms with van der Waals surface area (Å²) in [6, 6.07) is 0. The van der Waals surface area contributed by atoms with Gasteiger partial charge in [0.25, 0.3) is 0 Å². The van der Waals surface area contributed by atoms with Crippen molar-refractivity contribution in [2.45, 2.75) is 46.0 Å². The number of nitrogens with zero attached hydrogens (tertiary/aromatic N) is 1. The predicted molar refractivity (Wildman–Crippen MR) is 101 cm³/mol. The monoisotopic (exact) mass is 358 g/mol. The maximum absolute atomic E-state index is 14.1. The molecular weight excluding hydrogens is 335 g/mol. The number of halogens is 1. The third-order valence-electron chi connectivity index (χ3n) is 4.95. The molecule has 1 atom stereocenters. The lowest BCUT2D eigenvalue weighted by atomic mass is 9.64. The molecule has 0 bridgehead atoms. The number of Topliss-reactive ketones (excluding diaryl/α,β-unsaturated/α-hetero) is 1. The zero-order valence-electron chi connectivity index (χ0n) is 15.1. The van der Waals surface area contributed by atoms with Gasteiger partial charge in [0.1, 0.15) is 11.6 Å². The number of nitrogens with one attached hydrogen (secondary N) is 1. The molecule has 1 aromatic heterocycles. The van der Waals surface area contributed by atoms with Gasteiger partial charge in [-0.05, 0) is 43.4 Å². The van der Waals surface area contributed by atoms with Crippen LogP contribution in [0, 0.1) is 5.41 Å². The van der Waals surface area contributed by atoms with Crippen LogP contribution in [0.2, 0.25) is 0 Å². The molecule has 5 heteroatoms. The van der Waals surface area contributed by atoms with E-state index in [0.717, 1.165) is 22.8 Å². The van der Waals surface area contributed by atoms with E-state index in [9.17, 15) is 9.18 Å². The molecule has 3 rings (SSSR count). The Labute approximate surface area is 152 Å². The topological polar surface area (TPSA) is 42.0 Å². The van der Waals surface area contributed by atoms with Crippen LogP contribution in [0.15, 0.2) is 53.0 Å². The number of anilines is 1. The molecule has 0 radical (unpaired) electrons. The van der Waals surface area contributed by atoms with Crippen LogP contribution >= 0.6 is 11.3 Å². The average molecular weight is 358 g/mol. The highest BCUT2D eigenvalue weighted by molar-refractivity contribution is 7.10. The van der Waals surface area contributed by atoms with E-state index in [-0.39, 0.29) is 17.0 Å². The zero-order valence-corrected chi connectivity index (χ0v) is 15.9. The van der Waals surface area contributed by atoms with E-state index in [4.69, 9.17) is 0 Å². The van der Waals surface area contributed by atoms with Gasteiger partial charge in [-0.1, -0.05) is 26.5 Å². The maximum atomic E-state index is 14.1. The molecule has 0 aromatic carbocycles. The Kier molecular flexibility index (Phi) is 4.31. The lowest BCUT2D eigenvalue weighted by Crippen LogP contribution is -2.41. The number of fused-ring (bicyclic) bond motifs is 1. The summed E-state index contributed by atoms with van der Waals surface area (Å²) in [5.41, 5.74) is 3.05. The lowest BCUT2D eigenvalue weighted by molar-refractivity contribution is -0.118. The summed E-state index contributed by atoms with van der Waals surface area (Å²) < 4.78 is 14.1. The molecule has 0 fully saturated rings. The highest BCUT2D eigenvalue weighted by atomic mass is 32.1. The van der Waals surface area contributed by atoms with Crippen molar-refractivity contribution in [3.05, 3.63) is 57.9 Å². The van der Waals surface area contributed by atoms with Gasteiger partial charge in [0.15, 0.2) is 5.78 Å². The zero-order chi connectivity index (χ0) is 18.4. The van der Waals surface area contributed by atoms with Crippen LogP contribution in [0.25, 0.3) is 0 Å². The number of carbonyl (C=O) groups is 1. The van der Waals surface area contributed by atoms with Crippen LogP contribution < -0.4 is 5.32 Å². The molecule has 2 heterocycles. The summed E-state index contributed by atoms with van der Waals surface area (Å²) in [7, 11) is 0. The molecule has 0 amide bonds. The van der Waals surface area contributed by atoms with Crippen molar-refractivity contribution in [3.8, 4) is 0 Å². The molecule has 132 valence electrons. The van der Waals surface area contributed by atoms with E-state index in [1.165, 1.54) is 23.5 Å². The van der Waals surface area contributed by atoms with Crippen LogP contribution in [0.4, 0.5) is 10.2 Å². The van der Waals surface area contributed by atoms with Crippen molar-refractivity contribution < 1.29 is 9.18 Å². The first kappa shape index (κ1) is 17.8.